The number of sulfonamides is 1. The van der Waals surface area contributed by atoms with Gasteiger partial charge < -0.3 is 4.57 Å². The second kappa shape index (κ2) is 7.35. The molecule has 3 rings (SSSR count). The fraction of sp³-hybridized carbons (Fsp3) is 0.444. The summed E-state index contributed by atoms with van der Waals surface area (Å²) in [6.45, 7) is 2.75. The van der Waals surface area contributed by atoms with Crippen LogP contribution < -0.4 is 4.80 Å². The van der Waals surface area contributed by atoms with Crippen LogP contribution in [0.2, 0.25) is 0 Å². The molecule has 0 aliphatic carbocycles. The van der Waals surface area contributed by atoms with Crippen molar-refractivity contribution in [3.05, 3.63) is 28.6 Å². The Labute approximate surface area is 157 Å². The maximum absolute atomic E-state index is 12.7. The summed E-state index contributed by atoms with van der Waals surface area (Å²) in [5.74, 6) is 2.17. The third-order valence-electron chi connectivity index (χ3n) is 4.53. The lowest BCUT2D eigenvalue weighted by molar-refractivity contribution is -0.121. The van der Waals surface area contributed by atoms with E-state index >= 15 is 0 Å². The number of hydrogen-bond donors (Lipinski definition) is 0. The summed E-state index contributed by atoms with van der Waals surface area (Å²) < 4.78 is 27.9. The number of carbonyl (C=O) groups is 1. The van der Waals surface area contributed by atoms with Crippen molar-refractivity contribution in [2.45, 2.75) is 38.8 Å². The maximum atomic E-state index is 12.7. The zero-order chi connectivity index (χ0) is 18.9. The monoisotopic (exact) mass is 391 g/mol. The van der Waals surface area contributed by atoms with Crippen LogP contribution in [0.4, 0.5) is 0 Å². The lowest BCUT2D eigenvalue weighted by Crippen LogP contribution is -2.39. The molecule has 0 radical (unpaired) electrons. The highest BCUT2D eigenvalue weighted by atomic mass is 32.2. The third-order valence-corrected chi connectivity index (χ3v) is 6.86. The molecule has 1 aliphatic heterocycles. The van der Waals surface area contributed by atoms with Gasteiger partial charge >= 0.3 is 0 Å². The third kappa shape index (κ3) is 3.61. The van der Waals surface area contributed by atoms with E-state index in [9.17, 15) is 13.2 Å². The SMILES string of the molecule is C#CCn1c(=NC(=O)C2CCCN2S(C)(=O)=O)sc2cc(CC)ccc21. The molecule has 8 heteroatoms. The van der Waals surface area contributed by atoms with Crippen molar-refractivity contribution in [1.29, 1.82) is 0 Å². The van der Waals surface area contributed by atoms with Crippen molar-refractivity contribution in [3.8, 4) is 12.3 Å². The minimum Gasteiger partial charge on any atom is -0.305 e. The predicted octanol–water partition coefficient (Wildman–Crippen LogP) is 1.75. The van der Waals surface area contributed by atoms with E-state index in [-0.39, 0.29) is 0 Å². The normalized spacial score (nSPS) is 19.1. The summed E-state index contributed by atoms with van der Waals surface area (Å²) in [6.07, 6.45) is 8.69. The van der Waals surface area contributed by atoms with Gasteiger partial charge in [0.15, 0.2) is 4.80 Å². The van der Waals surface area contributed by atoms with E-state index < -0.39 is 22.0 Å². The molecule has 2 aromatic rings. The number of nitrogens with zero attached hydrogens (tertiary/aromatic N) is 3. The van der Waals surface area contributed by atoms with E-state index in [4.69, 9.17) is 6.42 Å². The van der Waals surface area contributed by atoms with E-state index in [2.05, 4.69) is 23.9 Å². The average molecular weight is 392 g/mol. The average Bonchev–Trinajstić information content (AvgIpc) is 3.20. The van der Waals surface area contributed by atoms with Gasteiger partial charge in [0.1, 0.15) is 6.04 Å². The summed E-state index contributed by atoms with van der Waals surface area (Å²) in [5.41, 5.74) is 2.13. The largest absolute Gasteiger partial charge is 0.305 e. The van der Waals surface area contributed by atoms with Crippen molar-refractivity contribution in [1.82, 2.24) is 8.87 Å². The Morgan fingerprint density at radius 1 is 1.46 bits per heavy atom. The molecule has 1 aliphatic rings. The minimum atomic E-state index is -3.43. The van der Waals surface area contributed by atoms with E-state index in [0.717, 1.165) is 22.9 Å². The zero-order valence-electron chi connectivity index (χ0n) is 14.8. The van der Waals surface area contributed by atoms with Gasteiger partial charge in [0, 0.05) is 6.54 Å². The molecule has 1 fully saturated rings. The molecule has 1 atom stereocenters. The Morgan fingerprint density at radius 3 is 2.88 bits per heavy atom. The second-order valence-electron chi connectivity index (χ2n) is 6.31. The van der Waals surface area contributed by atoms with Crippen molar-refractivity contribution >= 4 is 37.5 Å². The van der Waals surface area contributed by atoms with Crippen molar-refractivity contribution in [2.24, 2.45) is 4.99 Å². The molecule has 1 saturated heterocycles. The van der Waals surface area contributed by atoms with E-state index in [1.54, 1.807) is 0 Å². The maximum Gasteiger partial charge on any atom is 0.266 e. The van der Waals surface area contributed by atoms with Gasteiger partial charge in [-0.1, -0.05) is 30.2 Å². The van der Waals surface area contributed by atoms with Gasteiger partial charge in [0.2, 0.25) is 10.0 Å². The van der Waals surface area contributed by atoms with Gasteiger partial charge in [0.25, 0.3) is 5.91 Å². The van der Waals surface area contributed by atoms with Gasteiger partial charge in [-0.25, -0.2) is 8.42 Å². The van der Waals surface area contributed by atoms with Gasteiger partial charge in [-0.15, -0.1) is 6.42 Å². The lowest BCUT2D eigenvalue weighted by Gasteiger charge is -2.18. The molecule has 26 heavy (non-hydrogen) atoms. The second-order valence-corrected chi connectivity index (χ2v) is 9.26. The molecular weight excluding hydrogens is 370 g/mol. The first-order chi connectivity index (χ1) is 12.3. The number of benzene rings is 1. The number of thiazole rings is 1. The fourth-order valence-electron chi connectivity index (χ4n) is 3.22. The fourth-order valence-corrected chi connectivity index (χ4v) is 5.44. The molecule has 1 aromatic carbocycles. The highest BCUT2D eigenvalue weighted by molar-refractivity contribution is 7.88. The Balaban J connectivity index is 2.07. The minimum absolute atomic E-state index is 0.304. The molecular formula is C18H21N3O3S2. The predicted molar refractivity (Wildman–Crippen MR) is 103 cm³/mol. The number of hydrogen-bond acceptors (Lipinski definition) is 4. The Kier molecular flexibility index (Phi) is 5.32. The number of aryl methyl sites for hydroxylation is 1. The standard InChI is InChI=1S/C18H21N3O3S2/c1-4-10-20-14-9-8-13(5-2)12-16(14)25-18(20)19-17(22)15-7-6-11-21(15)26(3,23)24/h1,8-9,12,15H,5-7,10-11H2,2-3H3. The molecule has 1 amide bonds. The van der Waals surface area contributed by atoms with Crippen LogP contribution in [-0.4, -0.2) is 42.0 Å². The highest BCUT2D eigenvalue weighted by Crippen LogP contribution is 2.22. The van der Waals surface area contributed by atoms with Gasteiger partial charge in [0.05, 0.1) is 23.0 Å². The summed E-state index contributed by atoms with van der Waals surface area (Å²) in [6, 6.07) is 5.38. The first kappa shape index (κ1) is 18.8. The Hall–Kier alpha value is -1.95. The van der Waals surface area contributed by atoms with E-state index in [0.29, 0.717) is 30.7 Å². The Morgan fingerprint density at radius 2 is 2.23 bits per heavy atom. The van der Waals surface area contributed by atoms with Gasteiger partial charge in [-0.3, -0.25) is 4.79 Å². The number of terminal acetylenes is 1. The molecule has 0 saturated carbocycles. The first-order valence-corrected chi connectivity index (χ1v) is 11.1. The molecule has 0 bridgehead atoms. The molecule has 0 N–H and O–H groups in total. The number of amides is 1. The van der Waals surface area contributed by atoms with Crippen LogP contribution >= 0.6 is 11.3 Å². The molecule has 1 unspecified atom stereocenters. The first-order valence-electron chi connectivity index (χ1n) is 8.46. The quantitative estimate of drug-likeness (QED) is 0.746. The van der Waals surface area contributed by atoms with Crippen molar-refractivity contribution in [2.75, 3.05) is 12.8 Å². The summed E-state index contributed by atoms with van der Waals surface area (Å²) in [5, 5.41) is 0. The molecule has 1 aromatic heterocycles. The summed E-state index contributed by atoms with van der Waals surface area (Å²) in [7, 11) is -3.43. The van der Waals surface area contributed by atoms with Gasteiger partial charge in [-0.2, -0.15) is 9.30 Å². The van der Waals surface area contributed by atoms with Crippen molar-refractivity contribution in [3.63, 3.8) is 0 Å². The Bertz CT molecular complexity index is 1060. The van der Waals surface area contributed by atoms with Crippen LogP contribution in [0.15, 0.2) is 23.2 Å². The van der Waals surface area contributed by atoms with Crippen molar-refractivity contribution < 1.29 is 13.2 Å². The van der Waals surface area contributed by atoms with Crippen LogP contribution in [0, 0.1) is 12.3 Å². The summed E-state index contributed by atoms with van der Waals surface area (Å²) in [4.78, 5) is 17.5. The number of fused-ring (bicyclic) bond motifs is 1. The molecule has 138 valence electrons. The van der Waals surface area contributed by atoms with Crippen LogP contribution in [0.25, 0.3) is 10.2 Å². The highest BCUT2D eigenvalue weighted by Gasteiger charge is 2.36. The summed E-state index contributed by atoms with van der Waals surface area (Å²) >= 11 is 1.40. The van der Waals surface area contributed by atoms with Crippen LogP contribution in [-0.2, 0) is 27.8 Å². The van der Waals surface area contributed by atoms with Crippen LogP contribution in [0.1, 0.15) is 25.3 Å². The number of aromatic nitrogens is 1. The molecule has 6 nitrogen and oxygen atoms in total. The number of rotatable bonds is 4. The lowest BCUT2D eigenvalue weighted by atomic mass is 10.2. The van der Waals surface area contributed by atoms with E-state index in [1.807, 2.05) is 16.7 Å². The smallest absolute Gasteiger partial charge is 0.266 e. The van der Waals surface area contributed by atoms with E-state index in [1.165, 1.54) is 21.2 Å². The van der Waals surface area contributed by atoms with Gasteiger partial charge in [-0.05, 0) is 37.0 Å². The van der Waals surface area contributed by atoms with Crippen LogP contribution in [0.5, 0.6) is 0 Å². The molecule has 0 spiro atoms. The molecule has 2 heterocycles. The topological polar surface area (TPSA) is 71.7 Å². The zero-order valence-corrected chi connectivity index (χ0v) is 16.4. The number of carbonyl (C=O) groups excluding carboxylic acids is 1. The van der Waals surface area contributed by atoms with Crippen LogP contribution in [0.3, 0.4) is 0 Å².